The van der Waals surface area contributed by atoms with Gasteiger partial charge in [-0.15, -0.1) is 11.3 Å². The summed E-state index contributed by atoms with van der Waals surface area (Å²) in [4.78, 5) is 22.3. The van der Waals surface area contributed by atoms with E-state index in [1.54, 1.807) is 17.5 Å². The van der Waals surface area contributed by atoms with Crippen molar-refractivity contribution in [1.82, 2.24) is 10.3 Å². The molecule has 1 aromatic heterocycles. The van der Waals surface area contributed by atoms with E-state index in [4.69, 9.17) is 14.5 Å². The Kier molecular flexibility index (Phi) is 9.90. The van der Waals surface area contributed by atoms with Crippen molar-refractivity contribution in [3.63, 3.8) is 0 Å². The summed E-state index contributed by atoms with van der Waals surface area (Å²) < 4.78 is 17.0. The zero-order chi connectivity index (χ0) is 22.7. The van der Waals surface area contributed by atoms with E-state index in [2.05, 4.69) is 40.6 Å². The Balaban J connectivity index is 1.47. The van der Waals surface area contributed by atoms with E-state index in [0.717, 1.165) is 47.6 Å². The van der Waals surface area contributed by atoms with Crippen molar-refractivity contribution >= 4 is 18.9 Å². The molecule has 0 unspecified atom stereocenters. The number of hydrogen-bond donors (Lipinski definition) is 3. The summed E-state index contributed by atoms with van der Waals surface area (Å²) in [5.41, 5.74) is 3.45. The third-order valence-electron chi connectivity index (χ3n) is 5.05. The van der Waals surface area contributed by atoms with Crippen LogP contribution in [0.15, 0.2) is 60.1 Å². The molecule has 0 radical (unpaired) electrons. The highest BCUT2D eigenvalue weighted by Crippen LogP contribution is 2.35. The lowest BCUT2D eigenvalue weighted by Gasteiger charge is -2.13. The Morgan fingerprint density at radius 3 is 2.59 bits per heavy atom. The fraction of sp³-hybridized carbons (Fsp3) is 0.375. The van der Waals surface area contributed by atoms with E-state index in [1.165, 1.54) is 5.56 Å². The van der Waals surface area contributed by atoms with Crippen LogP contribution in [0.25, 0.3) is 10.6 Å². The van der Waals surface area contributed by atoms with Gasteiger partial charge in [0.2, 0.25) is 0 Å². The van der Waals surface area contributed by atoms with Gasteiger partial charge in [0.15, 0.2) is 0 Å². The maximum atomic E-state index is 10.9. The van der Waals surface area contributed by atoms with Crippen LogP contribution in [0.5, 0.6) is 5.75 Å². The van der Waals surface area contributed by atoms with Gasteiger partial charge in [0.05, 0.1) is 18.3 Å². The van der Waals surface area contributed by atoms with Crippen molar-refractivity contribution in [2.75, 3.05) is 19.3 Å². The molecular formula is C24H31N2O4PS. The third kappa shape index (κ3) is 8.85. The summed E-state index contributed by atoms with van der Waals surface area (Å²) in [7, 11) is -3.92. The summed E-state index contributed by atoms with van der Waals surface area (Å²) in [6, 6.07) is 16.7. The van der Waals surface area contributed by atoms with E-state index in [-0.39, 0.29) is 6.16 Å². The number of aromatic nitrogens is 1. The van der Waals surface area contributed by atoms with Crippen molar-refractivity contribution in [1.29, 1.82) is 0 Å². The van der Waals surface area contributed by atoms with Crippen molar-refractivity contribution in [3.8, 4) is 16.3 Å². The number of nitrogens with one attached hydrogen (secondary N) is 1. The zero-order valence-corrected chi connectivity index (χ0v) is 19.9. The van der Waals surface area contributed by atoms with Crippen LogP contribution in [0.2, 0.25) is 0 Å². The average molecular weight is 475 g/mol. The largest absolute Gasteiger partial charge is 0.493 e. The SMILES string of the molecule is O=P(O)(O)CCCNCc1ccc(OCCCCCc2ccccc2)c(-c2nccs2)c1. The van der Waals surface area contributed by atoms with Crippen molar-refractivity contribution in [3.05, 3.63) is 71.2 Å². The number of benzene rings is 2. The van der Waals surface area contributed by atoms with Crippen molar-refractivity contribution < 1.29 is 19.1 Å². The Hall–Kier alpha value is -2.02. The van der Waals surface area contributed by atoms with Crippen LogP contribution in [0.1, 0.15) is 36.8 Å². The molecule has 3 N–H and O–H groups in total. The number of ether oxygens (including phenoxy) is 1. The molecule has 0 atom stereocenters. The number of thiazole rings is 1. The van der Waals surface area contributed by atoms with Crippen LogP contribution in [0.3, 0.4) is 0 Å². The van der Waals surface area contributed by atoms with Gasteiger partial charge in [-0.3, -0.25) is 4.57 Å². The lowest BCUT2D eigenvalue weighted by atomic mass is 10.1. The number of aryl methyl sites for hydroxylation is 1. The molecule has 32 heavy (non-hydrogen) atoms. The maximum absolute atomic E-state index is 10.9. The summed E-state index contributed by atoms with van der Waals surface area (Å²) in [5.74, 6) is 0.841. The molecule has 8 heteroatoms. The van der Waals surface area contributed by atoms with Crippen LogP contribution in [-0.2, 0) is 17.5 Å². The number of rotatable bonds is 14. The summed E-state index contributed by atoms with van der Waals surface area (Å²) in [6.45, 7) is 1.85. The van der Waals surface area contributed by atoms with Gasteiger partial charge in [-0.2, -0.15) is 0 Å². The topological polar surface area (TPSA) is 91.7 Å². The minimum Gasteiger partial charge on any atom is -0.493 e. The Labute approximate surface area is 193 Å². The van der Waals surface area contributed by atoms with Crippen LogP contribution < -0.4 is 10.1 Å². The van der Waals surface area contributed by atoms with Gasteiger partial charge in [0, 0.05) is 18.1 Å². The van der Waals surface area contributed by atoms with Gasteiger partial charge in [0.1, 0.15) is 10.8 Å². The second kappa shape index (κ2) is 12.9. The lowest BCUT2D eigenvalue weighted by molar-refractivity contribution is 0.306. The fourth-order valence-electron chi connectivity index (χ4n) is 3.41. The average Bonchev–Trinajstić information content (AvgIpc) is 3.31. The predicted molar refractivity (Wildman–Crippen MR) is 130 cm³/mol. The van der Waals surface area contributed by atoms with Crippen molar-refractivity contribution in [2.45, 2.75) is 38.6 Å². The summed E-state index contributed by atoms with van der Waals surface area (Å²) >= 11 is 1.58. The third-order valence-corrected chi connectivity index (χ3v) is 6.75. The Morgan fingerprint density at radius 2 is 1.84 bits per heavy atom. The van der Waals surface area contributed by atoms with Gasteiger partial charge >= 0.3 is 7.60 Å². The summed E-state index contributed by atoms with van der Waals surface area (Å²) in [5, 5.41) is 6.12. The molecule has 172 valence electrons. The molecule has 1 heterocycles. The van der Waals surface area contributed by atoms with E-state index >= 15 is 0 Å². The lowest BCUT2D eigenvalue weighted by Crippen LogP contribution is -2.16. The van der Waals surface area contributed by atoms with Gasteiger partial charge in [-0.1, -0.05) is 36.4 Å². The van der Waals surface area contributed by atoms with Gasteiger partial charge < -0.3 is 19.8 Å². The Bertz CT molecular complexity index is 977. The molecule has 0 aliphatic heterocycles. The fourth-order valence-corrected chi connectivity index (χ4v) is 4.64. The van der Waals surface area contributed by atoms with E-state index in [0.29, 0.717) is 26.1 Å². The first kappa shape index (κ1) is 24.6. The first-order valence-electron chi connectivity index (χ1n) is 11.0. The molecule has 3 rings (SSSR count). The molecular weight excluding hydrogens is 443 g/mol. The van der Waals surface area contributed by atoms with Crippen molar-refractivity contribution in [2.24, 2.45) is 0 Å². The first-order valence-corrected chi connectivity index (χ1v) is 13.6. The minimum absolute atomic E-state index is 0.0948. The molecule has 0 spiro atoms. The molecule has 0 aliphatic carbocycles. The van der Waals surface area contributed by atoms with Gasteiger partial charge in [-0.05, 0) is 61.9 Å². The molecule has 3 aromatic rings. The molecule has 6 nitrogen and oxygen atoms in total. The van der Waals surface area contributed by atoms with E-state index in [9.17, 15) is 4.57 Å². The Morgan fingerprint density at radius 1 is 1.00 bits per heavy atom. The summed E-state index contributed by atoms with van der Waals surface area (Å²) in [6.07, 6.45) is 6.52. The second-order valence-corrected chi connectivity index (χ2v) is 10.4. The quantitative estimate of drug-likeness (QED) is 0.218. The van der Waals surface area contributed by atoms with Crippen LogP contribution in [0, 0.1) is 0 Å². The number of hydrogen-bond acceptors (Lipinski definition) is 5. The highest BCUT2D eigenvalue weighted by Gasteiger charge is 2.12. The molecule has 0 saturated carbocycles. The smallest absolute Gasteiger partial charge is 0.325 e. The molecule has 0 amide bonds. The highest BCUT2D eigenvalue weighted by atomic mass is 32.1. The molecule has 0 bridgehead atoms. The maximum Gasteiger partial charge on any atom is 0.325 e. The standard InChI is InChI=1S/C24H31N2O4PS/c27-31(28,29)16-7-13-25-19-21-11-12-23(22(18-21)24-26-14-17-32-24)30-15-6-2-5-10-20-8-3-1-4-9-20/h1,3-4,8-9,11-12,14,17-18,25H,2,5-7,10,13,15-16,19H2,(H2,27,28,29). The van der Waals surface area contributed by atoms with E-state index in [1.807, 2.05) is 23.6 Å². The minimum atomic E-state index is -3.92. The highest BCUT2D eigenvalue weighted by molar-refractivity contribution is 7.51. The van der Waals surface area contributed by atoms with E-state index < -0.39 is 7.60 Å². The number of nitrogens with zero attached hydrogens (tertiary/aromatic N) is 1. The molecule has 0 fully saturated rings. The predicted octanol–water partition coefficient (Wildman–Crippen LogP) is 5.26. The normalized spacial score (nSPS) is 11.6. The van der Waals surface area contributed by atoms with Crippen LogP contribution in [-0.4, -0.2) is 34.1 Å². The first-order chi connectivity index (χ1) is 15.5. The van der Waals surface area contributed by atoms with Gasteiger partial charge in [-0.25, -0.2) is 4.98 Å². The molecule has 0 aliphatic rings. The monoisotopic (exact) mass is 474 g/mol. The van der Waals surface area contributed by atoms with Crippen LogP contribution >= 0.6 is 18.9 Å². The van der Waals surface area contributed by atoms with Gasteiger partial charge in [0.25, 0.3) is 0 Å². The molecule has 2 aromatic carbocycles. The second-order valence-electron chi connectivity index (χ2n) is 7.73. The molecule has 0 saturated heterocycles. The van der Waals surface area contributed by atoms with Crippen LogP contribution in [0.4, 0.5) is 0 Å². The zero-order valence-electron chi connectivity index (χ0n) is 18.2. The number of unbranched alkanes of at least 4 members (excludes halogenated alkanes) is 2.